The molecule has 0 radical (unpaired) electrons. The van der Waals surface area contributed by atoms with Crippen molar-refractivity contribution < 1.29 is 28.4 Å². The highest BCUT2D eigenvalue weighted by atomic mass is 19.1. The lowest BCUT2D eigenvalue weighted by Crippen LogP contribution is -2.46. The van der Waals surface area contributed by atoms with E-state index in [0.29, 0.717) is 96.7 Å². The lowest BCUT2D eigenvalue weighted by atomic mass is 9.93. The highest BCUT2D eigenvalue weighted by Crippen LogP contribution is 2.34. The van der Waals surface area contributed by atoms with Gasteiger partial charge in [-0.3, -0.25) is 47.9 Å². The van der Waals surface area contributed by atoms with Gasteiger partial charge in [0.2, 0.25) is 18.2 Å². The van der Waals surface area contributed by atoms with Crippen molar-refractivity contribution in [2.75, 3.05) is 86.8 Å². The van der Waals surface area contributed by atoms with E-state index in [1.165, 1.54) is 11.9 Å². The van der Waals surface area contributed by atoms with E-state index >= 15 is 4.39 Å². The fraction of sp³-hybridized carbons (Fsp3) is 0.367. The molecule has 5 aromatic heterocycles. The lowest BCUT2D eigenvalue weighted by Gasteiger charge is -2.37. The minimum absolute atomic E-state index is 0.0254. The van der Waals surface area contributed by atoms with Crippen molar-refractivity contribution in [2.45, 2.75) is 71.0 Å². The molecule has 0 aliphatic carbocycles. The Labute approximate surface area is 468 Å². The van der Waals surface area contributed by atoms with Gasteiger partial charge in [0, 0.05) is 131 Å². The molecule has 1 unspecified atom stereocenters. The average molecular weight is 1090 g/mol. The van der Waals surface area contributed by atoms with Crippen LogP contribution < -0.4 is 20.9 Å². The maximum Gasteiger partial charge on any atom is 0.263 e. The number of nitrogens with one attached hydrogen (secondary N) is 1. The molecule has 21 heteroatoms. The Hall–Kier alpha value is -9.03. The van der Waals surface area contributed by atoms with Gasteiger partial charge in [-0.05, 0) is 107 Å². The molecule has 2 aromatic carbocycles. The summed E-state index contributed by atoms with van der Waals surface area (Å²) in [5.41, 5.74) is 13.0. The number of carbonyl (C=O) groups excluding carboxylic acids is 5. The van der Waals surface area contributed by atoms with Gasteiger partial charge in [-0.1, -0.05) is 17.9 Å². The number of rotatable bonds is 15. The van der Waals surface area contributed by atoms with Crippen molar-refractivity contribution in [1.82, 2.24) is 53.9 Å². The number of carbonyl (C=O) groups is 5. The molecule has 3 N–H and O–H groups in total. The number of nitrogens with zero attached hydrogens (tertiary/aromatic N) is 13. The van der Waals surface area contributed by atoms with Crippen molar-refractivity contribution in [2.24, 2.45) is 5.92 Å². The van der Waals surface area contributed by atoms with Gasteiger partial charge in [0.05, 0.1) is 47.0 Å². The summed E-state index contributed by atoms with van der Waals surface area (Å²) in [6.07, 6.45) is 11.1. The summed E-state index contributed by atoms with van der Waals surface area (Å²) in [6.45, 7) is 10.3. The average Bonchev–Trinajstić information content (AvgIpc) is 4.27. The standard InChI is InChI=1S/C60H64FN15O5/c1-39(9-16-55(78)69(3)38-77)75-59(80)47-7-4-8-50(56(47)60(75)81)64-35-42-36-66-74(37-42)45-20-26-73(27-21-45)58(79)43-18-24-72(25-19-43)54-15-10-41(34-65-54)6-5-23-70-28-30-71(31-29-70)52-14-11-46(33-48(52)61)76-40(2)67-51-13-12-49(68-57(51)76)44-17-22-63-53(62)32-44/h4,7-8,10-15,17,22,32-34,36-39,43,45,64H,9,16,18-21,23-31,35H2,1-3H3,(H2,62,63). The molecule has 3 fully saturated rings. The second kappa shape index (κ2) is 23.4. The Morgan fingerprint density at radius 2 is 1.69 bits per heavy atom. The van der Waals surface area contributed by atoms with Gasteiger partial charge in [-0.2, -0.15) is 5.10 Å². The zero-order valence-electron chi connectivity index (χ0n) is 45.7. The molecule has 3 saturated heterocycles. The van der Waals surface area contributed by atoms with E-state index in [9.17, 15) is 24.0 Å². The number of aryl methyl sites for hydroxylation is 1. The van der Waals surface area contributed by atoms with Gasteiger partial charge in [0.25, 0.3) is 11.8 Å². The van der Waals surface area contributed by atoms with Gasteiger partial charge >= 0.3 is 0 Å². The second-order valence-electron chi connectivity index (χ2n) is 21.3. The molecule has 0 spiro atoms. The van der Waals surface area contributed by atoms with Crippen molar-refractivity contribution >= 4 is 64.2 Å². The molecule has 4 aliphatic rings. The number of piperazine rings is 1. The van der Waals surface area contributed by atoms with Crippen LogP contribution in [0.2, 0.25) is 0 Å². The Morgan fingerprint density at radius 3 is 2.43 bits per heavy atom. The number of fused-ring (bicyclic) bond motifs is 2. The number of nitrogen functional groups attached to an aromatic ring is 1. The van der Waals surface area contributed by atoms with E-state index in [2.05, 4.69) is 46.9 Å². The number of nitrogens with two attached hydrogens (primary N) is 1. The van der Waals surface area contributed by atoms with E-state index in [1.807, 2.05) is 75.9 Å². The SMILES string of the molecule is Cc1nc2ccc(-c3ccnc(N)c3)nc2n1-c1ccc(N2CCN(CC#Cc3ccc(N4CCC(C(=O)N5CCC(n6cc(CNc7cccc8c7C(=O)N(C(C)CCC(=O)N(C)C=O)C8=O)cn6)CC5)CC4)nc3)CC2)c(F)c1. The van der Waals surface area contributed by atoms with Crippen LogP contribution in [0.4, 0.5) is 27.4 Å². The summed E-state index contributed by atoms with van der Waals surface area (Å²) in [7, 11) is 1.38. The van der Waals surface area contributed by atoms with Crippen LogP contribution in [-0.2, 0) is 20.9 Å². The third-order valence-electron chi connectivity index (χ3n) is 16.1. The molecule has 416 valence electrons. The molecular weight excluding hydrogens is 1030 g/mol. The summed E-state index contributed by atoms with van der Waals surface area (Å²) in [5.74, 6) is 7.25. The van der Waals surface area contributed by atoms with Gasteiger partial charge in [-0.15, -0.1) is 0 Å². The second-order valence-corrected chi connectivity index (χ2v) is 21.3. The topological polar surface area (TPSA) is 217 Å². The minimum Gasteiger partial charge on any atom is -0.384 e. The first-order valence-electron chi connectivity index (χ1n) is 27.6. The van der Waals surface area contributed by atoms with Crippen molar-refractivity contribution in [3.05, 3.63) is 131 Å². The van der Waals surface area contributed by atoms with Gasteiger partial charge in [0.15, 0.2) is 5.65 Å². The van der Waals surface area contributed by atoms with Crippen LogP contribution in [0.3, 0.4) is 0 Å². The van der Waals surface area contributed by atoms with E-state index < -0.39 is 17.9 Å². The molecule has 9 heterocycles. The predicted octanol–water partition coefficient (Wildman–Crippen LogP) is 6.35. The number of benzene rings is 2. The third kappa shape index (κ3) is 11.4. The number of amides is 5. The lowest BCUT2D eigenvalue weighted by molar-refractivity contribution is -0.138. The highest BCUT2D eigenvalue weighted by molar-refractivity contribution is 6.24. The number of piperidine rings is 2. The Bertz CT molecular complexity index is 3580. The smallest absolute Gasteiger partial charge is 0.263 e. The summed E-state index contributed by atoms with van der Waals surface area (Å²) in [6, 6.07) is 21.5. The van der Waals surface area contributed by atoms with Crippen LogP contribution in [0.25, 0.3) is 28.1 Å². The zero-order valence-corrected chi connectivity index (χ0v) is 45.7. The summed E-state index contributed by atoms with van der Waals surface area (Å²) < 4.78 is 19.7. The number of imidazole rings is 1. The van der Waals surface area contributed by atoms with Crippen molar-refractivity contribution in [1.29, 1.82) is 0 Å². The molecule has 1 atom stereocenters. The van der Waals surface area contributed by atoms with E-state index in [0.717, 1.165) is 85.0 Å². The molecule has 5 amide bonds. The summed E-state index contributed by atoms with van der Waals surface area (Å²) in [4.78, 5) is 93.0. The molecule has 0 bridgehead atoms. The zero-order chi connectivity index (χ0) is 56.3. The van der Waals surface area contributed by atoms with Gasteiger partial charge in [0.1, 0.15) is 28.8 Å². The van der Waals surface area contributed by atoms with Crippen LogP contribution in [0.1, 0.15) is 89.2 Å². The van der Waals surface area contributed by atoms with Gasteiger partial charge in [-0.25, -0.2) is 24.3 Å². The number of aromatic nitrogens is 7. The van der Waals surface area contributed by atoms with Crippen LogP contribution in [0.15, 0.2) is 97.6 Å². The monoisotopic (exact) mass is 1090 g/mol. The summed E-state index contributed by atoms with van der Waals surface area (Å²) >= 11 is 0. The number of pyridine rings is 3. The maximum atomic E-state index is 15.9. The third-order valence-corrected chi connectivity index (χ3v) is 16.1. The number of halogens is 1. The summed E-state index contributed by atoms with van der Waals surface area (Å²) in [5, 5.41) is 8.00. The number of anilines is 4. The van der Waals surface area contributed by atoms with E-state index in [4.69, 9.17) is 15.7 Å². The van der Waals surface area contributed by atoms with Crippen LogP contribution in [-0.4, -0.2) is 156 Å². The molecular formula is C60H64FN15O5. The van der Waals surface area contributed by atoms with E-state index in [-0.39, 0.29) is 42.4 Å². The highest BCUT2D eigenvalue weighted by Gasteiger charge is 2.40. The van der Waals surface area contributed by atoms with E-state index in [1.54, 1.807) is 49.6 Å². The molecule has 0 saturated carbocycles. The number of hydrogen-bond donors (Lipinski definition) is 2. The molecule has 7 aromatic rings. The Morgan fingerprint density at radius 1 is 0.889 bits per heavy atom. The fourth-order valence-corrected chi connectivity index (χ4v) is 11.5. The molecule has 81 heavy (non-hydrogen) atoms. The van der Waals surface area contributed by atoms with Crippen LogP contribution >= 0.6 is 0 Å². The minimum atomic E-state index is -0.539. The fourth-order valence-electron chi connectivity index (χ4n) is 11.5. The molecule has 11 rings (SSSR count). The maximum absolute atomic E-state index is 15.9. The first-order chi connectivity index (χ1) is 39.3. The molecule has 20 nitrogen and oxygen atoms in total. The normalized spacial score (nSPS) is 16.6. The first kappa shape index (κ1) is 53.9. The Kier molecular flexibility index (Phi) is 15.6. The van der Waals surface area contributed by atoms with Gasteiger partial charge < -0.3 is 25.8 Å². The van der Waals surface area contributed by atoms with Crippen molar-refractivity contribution in [3.63, 3.8) is 0 Å². The first-order valence-corrected chi connectivity index (χ1v) is 27.6. The quantitative estimate of drug-likeness (QED) is 0.0650. The largest absolute Gasteiger partial charge is 0.384 e. The number of likely N-dealkylation sites (tertiary alicyclic amines) is 1. The predicted molar refractivity (Wildman–Crippen MR) is 305 cm³/mol. The number of hydrogen-bond acceptors (Lipinski definition) is 15. The van der Waals surface area contributed by atoms with Crippen molar-refractivity contribution in [3.8, 4) is 28.8 Å². The van der Waals surface area contributed by atoms with Crippen LogP contribution in [0.5, 0.6) is 0 Å². The molecule has 4 aliphatic heterocycles. The number of imide groups is 2. The Balaban J connectivity index is 0.601. The van der Waals surface area contributed by atoms with Crippen LogP contribution in [0, 0.1) is 30.5 Å².